The predicted molar refractivity (Wildman–Crippen MR) is 101 cm³/mol. The van der Waals surface area contributed by atoms with Crippen molar-refractivity contribution in [1.29, 1.82) is 0 Å². The van der Waals surface area contributed by atoms with Crippen molar-refractivity contribution in [2.75, 3.05) is 6.61 Å². The second kappa shape index (κ2) is 8.28. The highest BCUT2D eigenvalue weighted by Gasteiger charge is 2.30. The van der Waals surface area contributed by atoms with Gasteiger partial charge in [-0.15, -0.1) is 24.5 Å². The molecule has 0 amide bonds. The lowest BCUT2D eigenvalue weighted by atomic mass is 10.2. The maximum atomic E-state index is 12.2. The van der Waals surface area contributed by atoms with Crippen LogP contribution in [-0.2, 0) is 6.54 Å². The molecule has 0 aliphatic rings. The highest BCUT2D eigenvalue weighted by Crippen LogP contribution is 2.26. The van der Waals surface area contributed by atoms with E-state index >= 15 is 0 Å². The Balaban J connectivity index is 1.95. The van der Waals surface area contributed by atoms with Crippen molar-refractivity contribution >= 4 is 33.0 Å². The SMILES string of the molecule is OCCn1c(-c2ccc(Br)cc2)csc1=Nc1ccc(OC(F)(F)F)cc1. The number of aromatic nitrogens is 1. The highest BCUT2D eigenvalue weighted by atomic mass is 79.9. The average molecular weight is 459 g/mol. The van der Waals surface area contributed by atoms with Crippen molar-refractivity contribution < 1.29 is 23.0 Å². The van der Waals surface area contributed by atoms with Gasteiger partial charge in [0.25, 0.3) is 0 Å². The average Bonchev–Trinajstić information content (AvgIpc) is 2.99. The number of halogens is 4. The van der Waals surface area contributed by atoms with Crippen LogP contribution in [0.4, 0.5) is 18.9 Å². The van der Waals surface area contributed by atoms with E-state index in [1.807, 2.05) is 34.2 Å². The standard InChI is InChI=1S/C18H14BrF3N2O2S/c19-13-3-1-12(2-4-13)16-11-27-17(24(16)9-10-25)23-14-5-7-15(8-6-14)26-18(20,21)22/h1-8,11,25H,9-10H2. The molecule has 27 heavy (non-hydrogen) atoms. The van der Waals surface area contributed by atoms with Gasteiger partial charge in [0.15, 0.2) is 4.80 Å². The molecule has 0 fully saturated rings. The molecule has 0 spiro atoms. The first-order valence-electron chi connectivity index (χ1n) is 7.81. The van der Waals surface area contributed by atoms with Crippen molar-refractivity contribution in [3.8, 4) is 17.0 Å². The van der Waals surface area contributed by atoms with E-state index in [2.05, 4.69) is 25.7 Å². The van der Waals surface area contributed by atoms with Crippen LogP contribution in [0.3, 0.4) is 0 Å². The topological polar surface area (TPSA) is 46.8 Å². The molecule has 4 nitrogen and oxygen atoms in total. The predicted octanol–water partition coefficient (Wildman–Crippen LogP) is 5.10. The second-order valence-electron chi connectivity index (χ2n) is 5.44. The second-order valence-corrected chi connectivity index (χ2v) is 7.19. The van der Waals surface area contributed by atoms with E-state index in [0.29, 0.717) is 17.0 Å². The van der Waals surface area contributed by atoms with Gasteiger partial charge >= 0.3 is 6.36 Å². The molecule has 9 heteroatoms. The Morgan fingerprint density at radius 1 is 1.07 bits per heavy atom. The smallest absolute Gasteiger partial charge is 0.406 e. The zero-order valence-corrected chi connectivity index (χ0v) is 16.2. The summed E-state index contributed by atoms with van der Waals surface area (Å²) in [5.41, 5.74) is 2.36. The molecule has 142 valence electrons. The number of aliphatic hydroxyl groups is 1. The van der Waals surface area contributed by atoms with E-state index in [1.54, 1.807) is 0 Å². The van der Waals surface area contributed by atoms with Gasteiger partial charge in [0.05, 0.1) is 18.0 Å². The lowest BCUT2D eigenvalue weighted by molar-refractivity contribution is -0.274. The first-order chi connectivity index (χ1) is 12.9. The number of hydrogen-bond donors (Lipinski definition) is 1. The van der Waals surface area contributed by atoms with E-state index in [4.69, 9.17) is 0 Å². The molecule has 1 N–H and O–H groups in total. The molecule has 2 aromatic carbocycles. The molecule has 1 aromatic heterocycles. The van der Waals surface area contributed by atoms with Gasteiger partial charge in [0.1, 0.15) is 5.75 Å². The van der Waals surface area contributed by atoms with Crippen LogP contribution in [-0.4, -0.2) is 22.6 Å². The third-order valence-electron chi connectivity index (χ3n) is 3.56. The van der Waals surface area contributed by atoms with E-state index < -0.39 is 6.36 Å². The van der Waals surface area contributed by atoms with E-state index in [9.17, 15) is 18.3 Å². The van der Waals surface area contributed by atoms with Crippen LogP contribution in [0.25, 0.3) is 11.3 Å². The number of nitrogens with zero attached hydrogens (tertiary/aromatic N) is 2. The fraction of sp³-hybridized carbons (Fsp3) is 0.167. The monoisotopic (exact) mass is 458 g/mol. The molecule has 0 unspecified atom stereocenters. The molecule has 0 saturated heterocycles. The summed E-state index contributed by atoms with van der Waals surface area (Å²) in [6.07, 6.45) is -4.73. The zero-order chi connectivity index (χ0) is 19.4. The molecule has 0 saturated carbocycles. The van der Waals surface area contributed by atoms with Crippen LogP contribution >= 0.6 is 27.3 Å². The lowest BCUT2D eigenvalue weighted by Gasteiger charge is -2.09. The van der Waals surface area contributed by atoms with Gasteiger partial charge in [-0.2, -0.15) is 0 Å². The van der Waals surface area contributed by atoms with Crippen LogP contribution in [0.2, 0.25) is 0 Å². The number of ether oxygens (including phenoxy) is 1. The van der Waals surface area contributed by atoms with Gasteiger partial charge in [0.2, 0.25) is 0 Å². The summed E-state index contributed by atoms with van der Waals surface area (Å²) < 4.78 is 43.4. The van der Waals surface area contributed by atoms with Crippen molar-refractivity contribution in [2.45, 2.75) is 12.9 Å². The van der Waals surface area contributed by atoms with Crippen LogP contribution in [0.5, 0.6) is 5.75 Å². The van der Waals surface area contributed by atoms with Crippen LogP contribution < -0.4 is 9.54 Å². The van der Waals surface area contributed by atoms with Crippen LogP contribution in [0, 0.1) is 0 Å². The summed E-state index contributed by atoms with van der Waals surface area (Å²) in [6.45, 7) is 0.287. The van der Waals surface area contributed by atoms with Crippen molar-refractivity contribution in [2.24, 2.45) is 4.99 Å². The summed E-state index contributed by atoms with van der Waals surface area (Å²) in [4.78, 5) is 5.12. The molecular formula is C18H14BrF3N2O2S. The van der Waals surface area contributed by atoms with Crippen LogP contribution in [0.15, 0.2) is 63.4 Å². The van der Waals surface area contributed by atoms with Crippen LogP contribution in [0.1, 0.15) is 0 Å². The highest BCUT2D eigenvalue weighted by molar-refractivity contribution is 9.10. The van der Waals surface area contributed by atoms with E-state index in [0.717, 1.165) is 15.7 Å². The van der Waals surface area contributed by atoms with Gasteiger partial charge in [-0.1, -0.05) is 28.1 Å². The van der Waals surface area contributed by atoms with Crippen molar-refractivity contribution in [3.63, 3.8) is 0 Å². The number of thiazole rings is 1. The van der Waals surface area contributed by atoms with Gasteiger partial charge in [-0.3, -0.25) is 0 Å². The van der Waals surface area contributed by atoms with Gasteiger partial charge in [-0.05, 0) is 42.0 Å². The number of benzene rings is 2. The number of aliphatic hydroxyl groups excluding tert-OH is 1. The molecule has 0 bridgehead atoms. The molecule has 0 aliphatic carbocycles. The fourth-order valence-electron chi connectivity index (χ4n) is 2.42. The Labute approximate surface area is 165 Å². The Bertz CT molecular complexity index is 964. The molecule has 3 aromatic rings. The van der Waals surface area contributed by atoms with Crippen molar-refractivity contribution in [3.05, 3.63) is 63.2 Å². The lowest BCUT2D eigenvalue weighted by Crippen LogP contribution is -2.18. The normalized spacial score (nSPS) is 12.4. The molecular weight excluding hydrogens is 445 g/mol. The zero-order valence-electron chi connectivity index (χ0n) is 13.8. The summed E-state index contributed by atoms with van der Waals surface area (Å²) in [7, 11) is 0. The Morgan fingerprint density at radius 3 is 2.33 bits per heavy atom. The summed E-state index contributed by atoms with van der Waals surface area (Å²) in [5, 5.41) is 11.3. The molecule has 3 rings (SSSR count). The fourth-order valence-corrected chi connectivity index (χ4v) is 3.64. The maximum absolute atomic E-state index is 12.2. The van der Waals surface area contributed by atoms with E-state index in [-0.39, 0.29) is 12.4 Å². The number of hydrogen-bond acceptors (Lipinski definition) is 4. The van der Waals surface area contributed by atoms with E-state index in [1.165, 1.54) is 35.6 Å². The molecule has 0 radical (unpaired) electrons. The van der Waals surface area contributed by atoms with Gasteiger partial charge in [0, 0.05) is 16.4 Å². The van der Waals surface area contributed by atoms with Gasteiger partial charge < -0.3 is 14.4 Å². The Morgan fingerprint density at radius 2 is 1.74 bits per heavy atom. The quantitative estimate of drug-likeness (QED) is 0.577. The minimum absolute atomic E-state index is 0.0637. The number of rotatable bonds is 5. The number of alkyl halides is 3. The summed E-state index contributed by atoms with van der Waals surface area (Å²) in [5.74, 6) is -0.300. The first kappa shape index (κ1) is 19.7. The Kier molecular flexibility index (Phi) is 6.03. The summed E-state index contributed by atoms with van der Waals surface area (Å²) >= 11 is 4.78. The third kappa shape index (κ3) is 5.21. The molecule has 1 heterocycles. The Hall–Kier alpha value is -2.10. The molecule has 0 aliphatic heterocycles. The van der Waals surface area contributed by atoms with Gasteiger partial charge in [-0.25, -0.2) is 4.99 Å². The first-order valence-corrected chi connectivity index (χ1v) is 9.48. The largest absolute Gasteiger partial charge is 0.573 e. The minimum atomic E-state index is -4.73. The third-order valence-corrected chi connectivity index (χ3v) is 4.95. The van der Waals surface area contributed by atoms with Crippen molar-refractivity contribution in [1.82, 2.24) is 4.57 Å². The minimum Gasteiger partial charge on any atom is -0.406 e. The molecule has 0 atom stereocenters. The maximum Gasteiger partial charge on any atom is 0.573 e. The summed E-state index contributed by atoms with van der Waals surface area (Å²) in [6, 6.07) is 13.1.